The Morgan fingerprint density at radius 3 is 2.94 bits per heavy atom. The van der Waals surface area contributed by atoms with Crippen molar-refractivity contribution in [3.8, 4) is 0 Å². The Hall–Kier alpha value is -1.29. The van der Waals surface area contributed by atoms with Gasteiger partial charge in [0.15, 0.2) is 0 Å². The predicted octanol–water partition coefficient (Wildman–Crippen LogP) is 3.52. The Balaban J connectivity index is 2.96. The summed E-state index contributed by atoms with van der Waals surface area (Å²) < 4.78 is 0.853. The molecule has 0 saturated heterocycles. The summed E-state index contributed by atoms with van der Waals surface area (Å²) in [5.41, 5.74) is 0.898. The summed E-state index contributed by atoms with van der Waals surface area (Å²) in [6.07, 6.45) is 2.58. The third kappa shape index (κ3) is 3.38. The zero-order valence-electron chi connectivity index (χ0n) is 9.03. The van der Waals surface area contributed by atoms with E-state index in [1.807, 2.05) is 6.92 Å². The van der Waals surface area contributed by atoms with Crippen LogP contribution >= 0.6 is 15.9 Å². The normalized spacial score (nSPS) is 11.9. The lowest BCUT2D eigenvalue weighted by Crippen LogP contribution is -2.16. The lowest BCUT2D eigenvalue weighted by Gasteiger charge is -2.15. The Labute approximate surface area is 103 Å². The van der Waals surface area contributed by atoms with Gasteiger partial charge in [-0.3, -0.25) is 0 Å². The van der Waals surface area contributed by atoms with E-state index in [0.29, 0.717) is 5.69 Å². The van der Waals surface area contributed by atoms with E-state index in [4.69, 9.17) is 5.11 Å². The molecule has 1 rings (SSSR count). The minimum absolute atomic E-state index is 0.157. The van der Waals surface area contributed by atoms with Gasteiger partial charge in [0.05, 0.1) is 11.3 Å². The number of hydrogen-bond donors (Lipinski definition) is 2. The molecule has 0 aliphatic carbocycles. The molecule has 0 radical (unpaired) electrons. The van der Waals surface area contributed by atoms with Crippen LogP contribution < -0.4 is 5.32 Å². The number of carbonyl (C=O) groups is 1. The second-order valence-electron chi connectivity index (χ2n) is 3.56. The summed E-state index contributed by atoms with van der Waals surface area (Å²) >= 11 is 3.32. The second kappa shape index (κ2) is 5.70. The predicted molar refractivity (Wildman–Crippen MR) is 69.0 cm³/mol. The van der Waals surface area contributed by atoms with Crippen molar-refractivity contribution >= 4 is 27.6 Å². The highest BCUT2D eigenvalue weighted by atomic mass is 79.9. The van der Waals surface area contributed by atoms with Crippen LogP contribution in [0.1, 0.15) is 23.7 Å². The monoisotopic (exact) mass is 283 g/mol. The van der Waals surface area contributed by atoms with Crippen molar-refractivity contribution in [2.45, 2.75) is 19.4 Å². The van der Waals surface area contributed by atoms with Crippen LogP contribution in [0.4, 0.5) is 5.69 Å². The highest BCUT2D eigenvalue weighted by Crippen LogP contribution is 2.22. The molecule has 1 atom stereocenters. The largest absolute Gasteiger partial charge is 0.478 e. The van der Waals surface area contributed by atoms with Crippen LogP contribution in [0.15, 0.2) is 35.3 Å². The van der Waals surface area contributed by atoms with E-state index in [1.54, 1.807) is 24.3 Å². The molecule has 0 saturated carbocycles. The van der Waals surface area contributed by atoms with Crippen molar-refractivity contribution in [2.24, 2.45) is 0 Å². The van der Waals surface area contributed by atoms with Crippen LogP contribution in [0.5, 0.6) is 0 Å². The van der Waals surface area contributed by atoms with Gasteiger partial charge in [0.2, 0.25) is 0 Å². The Morgan fingerprint density at radius 1 is 1.69 bits per heavy atom. The molecule has 0 fully saturated rings. The van der Waals surface area contributed by atoms with Crippen LogP contribution in [-0.4, -0.2) is 17.1 Å². The highest BCUT2D eigenvalue weighted by molar-refractivity contribution is 9.10. The van der Waals surface area contributed by atoms with Gasteiger partial charge in [0.25, 0.3) is 0 Å². The molecule has 2 N–H and O–H groups in total. The molecule has 0 aliphatic rings. The minimum Gasteiger partial charge on any atom is -0.478 e. The molecule has 0 aromatic heterocycles. The number of nitrogens with one attached hydrogen (secondary N) is 1. The number of aromatic carboxylic acids is 1. The SMILES string of the molecule is C=CCC(C)Nc1cc(Br)ccc1C(=O)O. The molecule has 0 bridgehead atoms. The zero-order valence-corrected chi connectivity index (χ0v) is 10.6. The van der Waals surface area contributed by atoms with Crippen LogP contribution in [0.2, 0.25) is 0 Å². The number of halogens is 1. The van der Waals surface area contributed by atoms with Crippen molar-refractivity contribution < 1.29 is 9.90 Å². The fraction of sp³-hybridized carbons (Fsp3) is 0.250. The van der Waals surface area contributed by atoms with E-state index in [1.165, 1.54) is 0 Å². The van der Waals surface area contributed by atoms with Gasteiger partial charge in [-0.1, -0.05) is 22.0 Å². The van der Waals surface area contributed by atoms with E-state index in [-0.39, 0.29) is 11.6 Å². The number of rotatable bonds is 5. The van der Waals surface area contributed by atoms with Crippen LogP contribution in [-0.2, 0) is 0 Å². The quantitative estimate of drug-likeness (QED) is 0.813. The standard InChI is InChI=1S/C12H14BrNO2/c1-3-4-8(2)14-11-7-9(13)5-6-10(11)12(15)16/h3,5-8,14H,1,4H2,2H3,(H,15,16). The number of benzene rings is 1. The van der Waals surface area contributed by atoms with E-state index < -0.39 is 5.97 Å². The summed E-state index contributed by atoms with van der Waals surface area (Å²) in [6, 6.07) is 5.22. The topological polar surface area (TPSA) is 49.3 Å². The smallest absolute Gasteiger partial charge is 0.337 e. The van der Waals surface area contributed by atoms with Gasteiger partial charge in [0.1, 0.15) is 0 Å². The molecular weight excluding hydrogens is 270 g/mol. The Kier molecular flexibility index (Phi) is 4.55. The van der Waals surface area contributed by atoms with Gasteiger partial charge >= 0.3 is 5.97 Å². The summed E-state index contributed by atoms with van der Waals surface area (Å²) in [4.78, 5) is 11.0. The Morgan fingerprint density at radius 2 is 2.38 bits per heavy atom. The number of carboxylic acid groups (broad SMARTS) is 1. The van der Waals surface area contributed by atoms with Crippen LogP contribution in [0, 0.1) is 0 Å². The summed E-state index contributed by atoms with van der Waals surface area (Å²) in [7, 11) is 0. The molecule has 0 heterocycles. The van der Waals surface area contributed by atoms with Crippen molar-refractivity contribution in [3.63, 3.8) is 0 Å². The maximum absolute atomic E-state index is 11.0. The van der Waals surface area contributed by atoms with Crippen molar-refractivity contribution in [1.82, 2.24) is 0 Å². The molecule has 4 heteroatoms. The molecule has 1 aromatic rings. The van der Waals surface area contributed by atoms with Gasteiger partial charge in [-0.2, -0.15) is 0 Å². The number of carboxylic acids is 1. The maximum atomic E-state index is 11.0. The van der Waals surface area contributed by atoms with Gasteiger partial charge in [-0.25, -0.2) is 4.79 Å². The molecule has 1 aromatic carbocycles. The van der Waals surface area contributed by atoms with E-state index in [2.05, 4.69) is 27.8 Å². The fourth-order valence-electron chi connectivity index (χ4n) is 1.40. The molecule has 0 aliphatic heterocycles. The third-order valence-electron chi connectivity index (χ3n) is 2.13. The second-order valence-corrected chi connectivity index (χ2v) is 4.48. The fourth-order valence-corrected chi connectivity index (χ4v) is 1.76. The van der Waals surface area contributed by atoms with Crippen molar-refractivity contribution in [3.05, 3.63) is 40.9 Å². The summed E-state index contributed by atoms with van der Waals surface area (Å²) in [5, 5.41) is 12.2. The van der Waals surface area contributed by atoms with Gasteiger partial charge in [0, 0.05) is 10.5 Å². The first-order valence-corrected chi connectivity index (χ1v) is 5.74. The minimum atomic E-state index is -0.930. The summed E-state index contributed by atoms with van der Waals surface area (Å²) in [5.74, 6) is -0.930. The van der Waals surface area contributed by atoms with Gasteiger partial charge in [-0.05, 0) is 31.5 Å². The maximum Gasteiger partial charge on any atom is 0.337 e. The molecular formula is C12H14BrNO2. The average Bonchev–Trinajstić information content (AvgIpc) is 2.17. The van der Waals surface area contributed by atoms with E-state index >= 15 is 0 Å². The lowest BCUT2D eigenvalue weighted by molar-refractivity contribution is 0.0698. The van der Waals surface area contributed by atoms with Crippen molar-refractivity contribution in [2.75, 3.05) is 5.32 Å². The summed E-state index contributed by atoms with van der Waals surface area (Å²) in [6.45, 7) is 5.63. The third-order valence-corrected chi connectivity index (χ3v) is 2.63. The lowest BCUT2D eigenvalue weighted by atomic mass is 10.1. The average molecular weight is 284 g/mol. The first kappa shape index (κ1) is 12.8. The first-order valence-electron chi connectivity index (χ1n) is 4.95. The van der Waals surface area contributed by atoms with Gasteiger partial charge < -0.3 is 10.4 Å². The van der Waals surface area contributed by atoms with Gasteiger partial charge in [-0.15, -0.1) is 6.58 Å². The molecule has 86 valence electrons. The molecule has 0 spiro atoms. The van der Waals surface area contributed by atoms with Crippen LogP contribution in [0.25, 0.3) is 0 Å². The van der Waals surface area contributed by atoms with Crippen molar-refractivity contribution in [1.29, 1.82) is 0 Å². The zero-order chi connectivity index (χ0) is 12.1. The first-order chi connectivity index (χ1) is 7.54. The molecule has 1 unspecified atom stereocenters. The van der Waals surface area contributed by atoms with Crippen LogP contribution in [0.3, 0.4) is 0 Å². The molecule has 0 amide bonds. The Bertz CT molecular complexity index is 404. The highest BCUT2D eigenvalue weighted by Gasteiger charge is 2.11. The molecule has 3 nitrogen and oxygen atoms in total. The number of hydrogen-bond acceptors (Lipinski definition) is 2. The molecule has 16 heavy (non-hydrogen) atoms. The van der Waals surface area contributed by atoms with E-state index in [0.717, 1.165) is 10.9 Å². The van der Waals surface area contributed by atoms with E-state index in [9.17, 15) is 4.79 Å². The number of anilines is 1.